The molecule has 0 atom stereocenters. The van der Waals surface area contributed by atoms with Gasteiger partial charge in [0.2, 0.25) is 0 Å². The second kappa shape index (κ2) is 8.82. The molecule has 1 N–H and O–H groups in total. The van der Waals surface area contributed by atoms with Crippen molar-refractivity contribution in [1.82, 2.24) is 25.1 Å². The summed E-state index contributed by atoms with van der Waals surface area (Å²) >= 11 is 6.07. The van der Waals surface area contributed by atoms with Crippen LogP contribution in [0, 0.1) is 0 Å². The number of piperidine rings is 1. The minimum absolute atomic E-state index is 0.428. The molecule has 0 radical (unpaired) electrons. The number of benzene rings is 1. The van der Waals surface area contributed by atoms with Gasteiger partial charge in [0, 0.05) is 47.6 Å². The van der Waals surface area contributed by atoms with E-state index in [1.165, 1.54) is 0 Å². The lowest BCUT2D eigenvalue weighted by Gasteiger charge is -2.31. The smallest absolute Gasteiger partial charge is 0.116 e. The van der Waals surface area contributed by atoms with Crippen molar-refractivity contribution >= 4 is 11.6 Å². The van der Waals surface area contributed by atoms with Crippen LogP contribution in [0.4, 0.5) is 0 Å². The number of aromatic nitrogens is 4. The minimum Gasteiger partial charge on any atom is -0.383 e. The van der Waals surface area contributed by atoms with E-state index in [-0.39, 0.29) is 0 Å². The van der Waals surface area contributed by atoms with Crippen LogP contribution in [0.1, 0.15) is 24.5 Å². The second-order valence-corrected chi connectivity index (χ2v) is 7.51. The number of aromatic amines is 1. The Morgan fingerprint density at radius 3 is 2.64 bits per heavy atom. The highest BCUT2D eigenvalue weighted by atomic mass is 35.5. The fourth-order valence-electron chi connectivity index (χ4n) is 3.83. The quantitative estimate of drug-likeness (QED) is 0.680. The SMILES string of the molecule is COCCN1CCC(c2[nH]nc(-c3ccc(Cl)cc3)c2-c2ccncn2)CC1. The molecule has 0 amide bonds. The minimum atomic E-state index is 0.428. The second-order valence-electron chi connectivity index (χ2n) is 7.07. The van der Waals surface area contributed by atoms with Crippen LogP contribution in [-0.4, -0.2) is 58.4 Å². The van der Waals surface area contributed by atoms with E-state index in [1.807, 2.05) is 30.3 Å². The van der Waals surface area contributed by atoms with Gasteiger partial charge in [-0.05, 0) is 44.1 Å². The van der Waals surface area contributed by atoms with E-state index in [0.29, 0.717) is 10.9 Å². The Morgan fingerprint density at radius 1 is 1.18 bits per heavy atom. The van der Waals surface area contributed by atoms with Gasteiger partial charge in [-0.1, -0.05) is 23.7 Å². The van der Waals surface area contributed by atoms with Crippen LogP contribution in [-0.2, 0) is 4.74 Å². The number of halogens is 1. The molecule has 0 aliphatic carbocycles. The van der Waals surface area contributed by atoms with Crippen LogP contribution in [0.2, 0.25) is 5.02 Å². The van der Waals surface area contributed by atoms with E-state index in [2.05, 4.69) is 25.1 Å². The van der Waals surface area contributed by atoms with E-state index < -0.39 is 0 Å². The first-order valence-corrected chi connectivity index (χ1v) is 9.96. The van der Waals surface area contributed by atoms with Gasteiger partial charge < -0.3 is 9.64 Å². The third kappa shape index (κ3) is 4.09. The monoisotopic (exact) mass is 397 g/mol. The highest BCUT2D eigenvalue weighted by Gasteiger charge is 2.27. The number of ether oxygens (including phenoxy) is 1. The molecule has 7 heteroatoms. The number of likely N-dealkylation sites (tertiary alicyclic amines) is 1. The first kappa shape index (κ1) is 19.1. The van der Waals surface area contributed by atoms with Crippen molar-refractivity contribution in [3.63, 3.8) is 0 Å². The largest absolute Gasteiger partial charge is 0.383 e. The molecular weight excluding hydrogens is 374 g/mol. The summed E-state index contributed by atoms with van der Waals surface area (Å²) in [5.74, 6) is 0.428. The lowest BCUT2D eigenvalue weighted by molar-refractivity contribution is 0.130. The Hall–Kier alpha value is -2.28. The standard InChI is InChI=1S/C21H24ClN5O/c1-28-13-12-27-10-7-16(8-11-27)21-19(18-6-9-23-14-24-18)20(25-26-21)15-2-4-17(22)5-3-15/h2-6,9,14,16H,7-8,10-13H2,1H3,(H,25,26). The first-order chi connectivity index (χ1) is 13.8. The van der Waals surface area contributed by atoms with E-state index >= 15 is 0 Å². The summed E-state index contributed by atoms with van der Waals surface area (Å²) in [6.45, 7) is 3.89. The van der Waals surface area contributed by atoms with Gasteiger partial charge in [0.15, 0.2) is 0 Å². The number of hydrogen-bond acceptors (Lipinski definition) is 5. The fourth-order valence-corrected chi connectivity index (χ4v) is 3.96. The van der Waals surface area contributed by atoms with Crippen LogP contribution in [0.3, 0.4) is 0 Å². The molecule has 3 heterocycles. The summed E-state index contributed by atoms with van der Waals surface area (Å²) in [5, 5.41) is 8.72. The van der Waals surface area contributed by atoms with Crippen molar-refractivity contribution in [1.29, 1.82) is 0 Å². The van der Waals surface area contributed by atoms with Crippen LogP contribution in [0.25, 0.3) is 22.5 Å². The Bertz CT molecular complexity index is 889. The number of methoxy groups -OCH3 is 1. The van der Waals surface area contributed by atoms with Crippen molar-refractivity contribution < 1.29 is 4.74 Å². The van der Waals surface area contributed by atoms with Crippen LogP contribution < -0.4 is 0 Å². The highest BCUT2D eigenvalue weighted by molar-refractivity contribution is 6.30. The fraction of sp³-hybridized carbons (Fsp3) is 0.381. The van der Waals surface area contributed by atoms with Gasteiger partial charge in [-0.2, -0.15) is 5.10 Å². The molecule has 1 aromatic carbocycles. The van der Waals surface area contributed by atoms with Crippen molar-refractivity contribution in [3.05, 3.63) is 53.6 Å². The third-order valence-electron chi connectivity index (χ3n) is 5.36. The van der Waals surface area contributed by atoms with Crippen molar-refractivity contribution in [2.45, 2.75) is 18.8 Å². The number of nitrogens with one attached hydrogen (secondary N) is 1. The Morgan fingerprint density at radius 2 is 1.96 bits per heavy atom. The molecule has 1 saturated heterocycles. The Labute approximate surface area is 169 Å². The van der Waals surface area contributed by atoms with Crippen LogP contribution in [0.15, 0.2) is 42.9 Å². The lowest BCUT2D eigenvalue weighted by Crippen LogP contribution is -2.35. The predicted octanol–water partition coefficient (Wildman–Crippen LogP) is 4.01. The molecule has 1 fully saturated rings. The average Bonchev–Trinajstić information content (AvgIpc) is 3.19. The maximum absolute atomic E-state index is 6.07. The van der Waals surface area contributed by atoms with Gasteiger partial charge >= 0.3 is 0 Å². The van der Waals surface area contributed by atoms with Crippen LogP contribution in [0.5, 0.6) is 0 Å². The molecule has 2 aromatic heterocycles. The molecule has 1 aliphatic rings. The molecule has 0 unspecified atom stereocenters. The Kier molecular flexibility index (Phi) is 6.00. The van der Waals surface area contributed by atoms with Crippen molar-refractivity contribution in [3.8, 4) is 22.5 Å². The van der Waals surface area contributed by atoms with Gasteiger partial charge in [0.1, 0.15) is 12.0 Å². The number of hydrogen-bond donors (Lipinski definition) is 1. The van der Waals surface area contributed by atoms with Gasteiger partial charge in [-0.25, -0.2) is 9.97 Å². The number of rotatable bonds is 6. The maximum Gasteiger partial charge on any atom is 0.116 e. The predicted molar refractivity (Wildman–Crippen MR) is 110 cm³/mol. The number of H-pyrrole nitrogens is 1. The molecular formula is C21H24ClN5O. The average molecular weight is 398 g/mol. The molecule has 3 aromatic rings. The molecule has 146 valence electrons. The summed E-state index contributed by atoms with van der Waals surface area (Å²) < 4.78 is 5.21. The van der Waals surface area contributed by atoms with Gasteiger partial charge in [-0.3, -0.25) is 5.10 Å². The molecule has 0 spiro atoms. The zero-order valence-corrected chi connectivity index (χ0v) is 16.7. The van der Waals surface area contributed by atoms with Gasteiger partial charge in [0.05, 0.1) is 12.3 Å². The third-order valence-corrected chi connectivity index (χ3v) is 5.61. The van der Waals surface area contributed by atoms with Gasteiger partial charge in [0.25, 0.3) is 0 Å². The molecule has 0 bridgehead atoms. The zero-order valence-electron chi connectivity index (χ0n) is 15.9. The maximum atomic E-state index is 6.07. The molecule has 1 aliphatic heterocycles. The van der Waals surface area contributed by atoms with E-state index in [1.54, 1.807) is 19.6 Å². The van der Waals surface area contributed by atoms with E-state index in [0.717, 1.165) is 67.3 Å². The summed E-state index contributed by atoms with van der Waals surface area (Å²) in [4.78, 5) is 11.0. The summed E-state index contributed by atoms with van der Waals surface area (Å²) in [6.07, 6.45) is 5.54. The summed E-state index contributed by atoms with van der Waals surface area (Å²) in [6, 6.07) is 9.73. The molecule has 0 saturated carbocycles. The van der Waals surface area contributed by atoms with Crippen molar-refractivity contribution in [2.75, 3.05) is 33.4 Å². The van der Waals surface area contributed by atoms with E-state index in [4.69, 9.17) is 16.3 Å². The molecule has 6 nitrogen and oxygen atoms in total. The lowest BCUT2D eigenvalue weighted by atomic mass is 9.89. The summed E-state index contributed by atoms with van der Waals surface area (Å²) in [5.41, 5.74) is 5.06. The zero-order chi connectivity index (χ0) is 19.3. The summed E-state index contributed by atoms with van der Waals surface area (Å²) in [7, 11) is 1.75. The molecule has 28 heavy (non-hydrogen) atoms. The normalized spacial score (nSPS) is 15.8. The highest BCUT2D eigenvalue weighted by Crippen LogP contribution is 2.39. The van der Waals surface area contributed by atoms with Gasteiger partial charge in [-0.15, -0.1) is 0 Å². The van der Waals surface area contributed by atoms with Crippen LogP contribution >= 0.6 is 11.6 Å². The van der Waals surface area contributed by atoms with Crippen molar-refractivity contribution in [2.24, 2.45) is 0 Å². The number of nitrogens with zero attached hydrogens (tertiary/aromatic N) is 4. The Balaban J connectivity index is 1.66. The first-order valence-electron chi connectivity index (χ1n) is 9.58. The topological polar surface area (TPSA) is 66.9 Å². The molecule has 4 rings (SSSR count). The van der Waals surface area contributed by atoms with E-state index in [9.17, 15) is 0 Å².